The van der Waals surface area contributed by atoms with Gasteiger partial charge in [0.1, 0.15) is 11.3 Å². The first-order valence-corrected chi connectivity index (χ1v) is 9.99. The van der Waals surface area contributed by atoms with Crippen LogP contribution in [0.25, 0.3) is 21.9 Å². The molecule has 0 bridgehead atoms. The smallest absolute Gasteiger partial charge is 0.342 e. The summed E-state index contributed by atoms with van der Waals surface area (Å²) in [6.07, 6.45) is 0. The van der Waals surface area contributed by atoms with Crippen LogP contribution in [0.3, 0.4) is 0 Å². The highest BCUT2D eigenvalue weighted by atomic mass is 16.7. The molecule has 34 heavy (non-hydrogen) atoms. The van der Waals surface area contributed by atoms with E-state index in [9.17, 15) is 14.7 Å². The van der Waals surface area contributed by atoms with Crippen LogP contribution in [0.4, 0.5) is 0 Å². The first-order chi connectivity index (χ1) is 16.4. The molecule has 0 saturated heterocycles. The number of aromatic hydroxyl groups is 1. The Morgan fingerprint density at radius 3 is 1.79 bits per heavy atom. The van der Waals surface area contributed by atoms with Gasteiger partial charge in [-0.25, -0.2) is 9.59 Å². The SMILES string of the molecule is COC(=O)c1c(C(=O)OC)c(-c2cc(OC)c(OC)c(OC)c2)c2cc3c(cc2c1O)OCO3. The Morgan fingerprint density at radius 2 is 1.29 bits per heavy atom. The molecule has 1 heterocycles. The largest absolute Gasteiger partial charge is 0.506 e. The standard InChI is InChI=1S/C24H22O10/c1-28-16-6-11(7-17(29-2)22(16)30-3)18-12-8-14-15(34-10-33-14)9-13(12)21(25)20(24(27)32-5)19(18)23(26)31-4/h6-9,25H,10H2,1-5H3. The molecule has 0 amide bonds. The molecule has 3 aromatic rings. The fourth-order valence-electron chi connectivity index (χ4n) is 3.99. The lowest BCUT2D eigenvalue weighted by atomic mass is 9.88. The zero-order valence-corrected chi connectivity index (χ0v) is 19.1. The van der Waals surface area contributed by atoms with Crippen molar-refractivity contribution in [1.82, 2.24) is 0 Å². The van der Waals surface area contributed by atoms with E-state index in [-0.39, 0.29) is 28.9 Å². The van der Waals surface area contributed by atoms with Crippen molar-refractivity contribution in [2.45, 2.75) is 0 Å². The van der Waals surface area contributed by atoms with Gasteiger partial charge in [-0.2, -0.15) is 0 Å². The predicted molar refractivity (Wildman–Crippen MR) is 120 cm³/mol. The molecule has 0 atom stereocenters. The lowest BCUT2D eigenvalue weighted by Gasteiger charge is -2.20. The number of carbonyl (C=O) groups excluding carboxylic acids is 2. The number of phenolic OH excluding ortho intramolecular Hbond substituents is 1. The molecule has 10 nitrogen and oxygen atoms in total. The topological polar surface area (TPSA) is 119 Å². The van der Waals surface area contributed by atoms with Gasteiger partial charge in [0.2, 0.25) is 12.5 Å². The quantitative estimate of drug-likeness (QED) is 0.536. The molecule has 0 spiro atoms. The highest BCUT2D eigenvalue weighted by molar-refractivity contribution is 6.19. The Hall–Kier alpha value is -4.34. The highest BCUT2D eigenvalue weighted by Crippen LogP contribution is 2.49. The van der Waals surface area contributed by atoms with Gasteiger partial charge in [-0.05, 0) is 35.2 Å². The molecule has 1 aliphatic heterocycles. The van der Waals surface area contributed by atoms with E-state index < -0.39 is 17.7 Å². The van der Waals surface area contributed by atoms with Crippen molar-refractivity contribution in [2.24, 2.45) is 0 Å². The van der Waals surface area contributed by atoms with Crippen molar-refractivity contribution in [3.63, 3.8) is 0 Å². The summed E-state index contributed by atoms with van der Waals surface area (Å²) < 4.78 is 37.2. The molecular formula is C24H22O10. The second-order valence-electron chi connectivity index (χ2n) is 7.12. The zero-order chi connectivity index (χ0) is 24.6. The van der Waals surface area contributed by atoms with E-state index in [0.29, 0.717) is 39.7 Å². The summed E-state index contributed by atoms with van der Waals surface area (Å²) >= 11 is 0. The minimum atomic E-state index is -0.925. The molecule has 178 valence electrons. The molecule has 1 aliphatic rings. The Balaban J connectivity index is 2.23. The summed E-state index contributed by atoms with van der Waals surface area (Å²) in [5.74, 6) is -0.504. The monoisotopic (exact) mass is 470 g/mol. The van der Waals surface area contributed by atoms with Crippen molar-refractivity contribution in [2.75, 3.05) is 42.3 Å². The average Bonchev–Trinajstić information content (AvgIpc) is 3.33. The first kappa shape index (κ1) is 22.8. The van der Waals surface area contributed by atoms with Crippen molar-refractivity contribution in [3.05, 3.63) is 35.4 Å². The third kappa shape index (κ3) is 3.43. The number of benzene rings is 3. The number of esters is 2. The van der Waals surface area contributed by atoms with Crippen LogP contribution >= 0.6 is 0 Å². The van der Waals surface area contributed by atoms with Gasteiger partial charge in [0.05, 0.1) is 41.1 Å². The van der Waals surface area contributed by atoms with E-state index in [0.717, 1.165) is 7.11 Å². The van der Waals surface area contributed by atoms with Crippen LogP contribution in [-0.4, -0.2) is 59.4 Å². The molecular weight excluding hydrogens is 448 g/mol. The van der Waals surface area contributed by atoms with Gasteiger partial charge in [0.25, 0.3) is 0 Å². The van der Waals surface area contributed by atoms with Gasteiger partial charge >= 0.3 is 11.9 Å². The van der Waals surface area contributed by atoms with Crippen LogP contribution in [0.1, 0.15) is 20.7 Å². The van der Waals surface area contributed by atoms with Gasteiger partial charge in [-0.1, -0.05) is 0 Å². The van der Waals surface area contributed by atoms with Gasteiger partial charge < -0.3 is 38.3 Å². The molecule has 3 aromatic carbocycles. The number of hydrogen-bond donors (Lipinski definition) is 1. The van der Waals surface area contributed by atoms with E-state index in [2.05, 4.69) is 0 Å². The molecule has 0 aromatic heterocycles. The molecule has 0 fully saturated rings. The van der Waals surface area contributed by atoms with Crippen LogP contribution in [0, 0.1) is 0 Å². The maximum absolute atomic E-state index is 13.0. The maximum Gasteiger partial charge on any atom is 0.342 e. The molecule has 0 aliphatic carbocycles. The number of hydrogen-bond acceptors (Lipinski definition) is 10. The highest BCUT2D eigenvalue weighted by Gasteiger charge is 2.32. The van der Waals surface area contributed by atoms with Crippen molar-refractivity contribution in [3.8, 4) is 45.6 Å². The van der Waals surface area contributed by atoms with Crippen molar-refractivity contribution < 1.29 is 47.9 Å². The minimum Gasteiger partial charge on any atom is -0.506 e. The predicted octanol–water partition coefficient (Wildman–Crippen LogP) is 3.54. The zero-order valence-electron chi connectivity index (χ0n) is 19.1. The van der Waals surface area contributed by atoms with Gasteiger partial charge in [0, 0.05) is 10.9 Å². The van der Waals surface area contributed by atoms with Crippen LogP contribution < -0.4 is 23.7 Å². The summed E-state index contributed by atoms with van der Waals surface area (Å²) in [5.41, 5.74) is 0.124. The Bertz CT molecular complexity index is 1290. The summed E-state index contributed by atoms with van der Waals surface area (Å²) in [6.45, 7) is -0.0142. The second-order valence-corrected chi connectivity index (χ2v) is 7.12. The van der Waals surface area contributed by atoms with Gasteiger partial charge in [0.15, 0.2) is 23.0 Å². The average molecular weight is 470 g/mol. The van der Waals surface area contributed by atoms with Crippen LogP contribution in [0.5, 0.6) is 34.5 Å². The molecule has 4 rings (SSSR count). The van der Waals surface area contributed by atoms with E-state index in [1.807, 2.05) is 0 Å². The maximum atomic E-state index is 13.0. The molecule has 0 saturated carbocycles. The molecule has 0 radical (unpaired) electrons. The Morgan fingerprint density at radius 1 is 0.765 bits per heavy atom. The van der Waals surface area contributed by atoms with Crippen LogP contribution in [-0.2, 0) is 9.47 Å². The third-order valence-electron chi connectivity index (χ3n) is 5.51. The number of carbonyl (C=O) groups is 2. The summed E-state index contributed by atoms with van der Waals surface area (Å²) in [4.78, 5) is 25.8. The fraction of sp³-hybridized carbons (Fsp3) is 0.250. The third-order valence-corrected chi connectivity index (χ3v) is 5.51. The van der Waals surface area contributed by atoms with E-state index >= 15 is 0 Å². The van der Waals surface area contributed by atoms with Gasteiger partial charge in [-0.3, -0.25) is 0 Å². The van der Waals surface area contributed by atoms with Crippen molar-refractivity contribution in [1.29, 1.82) is 0 Å². The summed E-state index contributed by atoms with van der Waals surface area (Å²) in [5, 5.41) is 11.7. The molecule has 10 heteroatoms. The van der Waals surface area contributed by atoms with E-state index in [1.165, 1.54) is 34.5 Å². The number of methoxy groups -OCH3 is 5. The summed E-state index contributed by atoms with van der Waals surface area (Å²) in [6, 6.07) is 6.38. The van der Waals surface area contributed by atoms with Crippen LogP contribution in [0.2, 0.25) is 0 Å². The second kappa shape index (κ2) is 8.89. The van der Waals surface area contributed by atoms with Crippen molar-refractivity contribution >= 4 is 22.7 Å². The minimum absolute atomic E-state index is 0.0142. The Kier molecular flexibility index (Phi) is 5.97. The normalized spacial score (nSPS) is 11.8. The number of ether oxygens (including phenoxy) is 7. The number of fused-ring (bicyclic) bond motifs is 2. The molecule has 0 unspecified atom stereocenters. The number of rotatable bonds is 6. The summed E-state index contributed by atoms with van der Waals surface area (Å²) in [7, 11) is 6.69. The van der Waals surface area contributed by atoms with Gasteiger partial charge in [-0.15, -0.1) is 0 Å². The number of phenols is 1. The molecule has 1 N–H and O–H groups in total. The Labute approximate surface area is 194 Å². The van der Waals surface area contributed by atoms with Crippen LogP contribution in [0.15, 0.2) is 24.3 Å². The fourth-order valence-corrected chi connectivity index (χ4v) is 3.99. The lowest BCUT2D eigenvalue weighted by Crippen LogP contribution is -2.14. The lowest BCUT2D eigenvalue weighted by molar-refractivity contribution is 0.0553. The first-order valence-electron chi connectivity index (χ1n) is 9.99. The van der Waals surface area contributed by atoms with E-state index in [1.54, 1.807) is 18.2 Å². The van der Waals surface area contributed by atoms with E-state index in [4.69, 9.17) is 33.2 Å².